The topological polar surface area (TPSA) is 71.1 Å². The molecule has 2 atom stereocenters. The predicted octanol–water partition coefficient (Wildman–Crippen LogP) is 0.685. The summed E-state index contributed by atoms with van der Waals surface area (Å²) in [7, 11) is 0. The molecule has 2 heterocycles. The molecule has 3 rings (SSSR count). The first-order chi connectivity index (χ1) is 9.24. The maximum atomic E-state index is 11.9. The third-order valence-electron chi connectivity index (χ3n) is 2.92. The standard InChI is InChI=1S/C13H12O6/c14-12-10(5-6-16-12)19-13(15)11-7-17-8-3-1-2-4-9(8)18-11/h1-4,10-11H,5-7H2/t10-,11-/m1/s1. The Bertz CT molecular complexity index is 512. The molecular weight excluding hydrogens is 252 g/mol. The van der Waals surface area contributed by atoms with Gasteiger partial charge >= 0.3 is 11.9 Å². The molecule has 0 amide bonds. The maximum absolute atomic E-state index is 11.9. The summed E-state index contributed by atoms with van der Waals surface area (Å²) in [5.74, 6) is -0.0413. The second kappa shape index (κ2) is 4.79. The Morgan fingerprint density at radius 2 is 2.00 bits per heavy atom. The van der Waals surface area contributed by atoms with Gasteiger partial charge in [0.2, 0.25) is 12.2 Å². The molecular formula is C13H12O6. The Kier molecular flexibility index (Phi) is 2.98. The third-order valence-corrected chi connectivity index (χ3v) is 2.92. The highest BCUT2D eigenvalue weighted by atomic mass is 16.6. The fraction of sp³-hybridized carbons (Fsp3) is 0.385. The van der Waals surface area contributed by atoms with Gasteiger partial charge in [0.15, 0.2) is 11.5 Å². The molecule has 1 aromatic carbocycles. The molecule has 0 bridgehead atoms. The van der Waals surface area contributed by atoms with Crippen LogP contribution in [0.25, 0.3) is 0 Å². The van der Waals surface area contributed by atoms with Crippen molar-refractivity contribution < 1.29 is 28.5 Å². The molecule has 0 aliphatic carbocycles. The van der Waals surface area contributed by atoms with E-state index >= 15 is 0 Å². The number of para-hydroxylation sites is 2. The largest absolute Gasteiger partial charge is 0.485 e. The summed E-state index contributed by atoms with van der Waals surface area (Å²) < 4.78 is 20.7. The van der Waals surface area contributed by atoms with Gasteiger partial charge in [-0.1, -0.05) is 12.1 Å². The van der Waals surface area contributed by atoms with E-state index in [2.05, 4.69) is 0 Å². The van der Waals surface area contributed by atoms with Crippen molar-refractivity contribution in [2.45, 2.75) is 18.6 Å². The molecule has 1 aromatic rings. The van der Waals surface area contributed by atoms with Crippen molar-refractivity contribution in [3.8, 4) is 11.5 Å². The van der Waals surface area contributed by atoms with E-state index in [4.69, 9.17) is 18.9 Å². The quantitative estimate of drug-likeness (QED) is 0.732. The molecule has 0 spiro atoms. The normalized spacial score (nSPS) is 24.7. The second-order valence-electron chi connectivity index (χ2n) is 4.25. The summed E-state index contributed by atoms with van der Waals surface area (Å²) in [6, 6.07) is 7.06. The van der Waals surface area contributed by atoms with Crippen molar-refractivity contribution in [2.24, 2.45) is 0 Å². The number of fused-ring (bicyclic) bond motifs is 1. The van der Waals surface area contributed by atoms with E-state index in [0.29, 0.717) is 17.9 Å². The van der Waals surface area contributed by atoms with Gasteiger partial charge in [-0.2, -0.15) is 0 Å². The average Bonchev–Trinajstić information content (AvgIpc) is 2.84. The summed E-state index contributed by atoms with van der Waals surface area (Å²) in [4.78, 5) is 23.1. The summed E-state index contributed by atoms with van der Waals surface area (Å²) in [5, 5.41) is 0. The van der Waals surface area contributed by atoms with Crippen LogP contribution in [0.4, 0.5) is 0 Å². The number of carbonyl (C=O) groups is 2. The maximum Gasteiger partial charge on any atom is 0.351 e. The highest BCUT2D eigenvalue weighted by Gasteiger charge is 2.35. The van der Waals surface area contributed by atoms with Gasteiger partial charge in [0, 0.05) is 6.42 Å². The number of benzene rings is 1. The second-order valence-corrected chi connectivity index (χ2v) is 4.25. The van der Waals surface area contributed by atoms with Crippen LogP contribution in [-0.4, -0.2) is 37.4 Å². The van der Waals surface area contributed by atoms with Crippen molar-refractivity contribution in [3.63, 3.8) is 0 Å². The van der Waals surface area contributed by atoms with Gasteiger partial charge < -0.3 is 18.9 Å². The van der Waals surface area contributed by atoms with Gasteiger partial charge in [0.05, 0.1) is 6.61 Å². The monoisotopic (exact) mass is 264 g/mol. The SMILES string of the molecule is O=C1OCC[C@H]1OC(=O)[C@H]1COc2ccccc2O1. The van der Waals surface area contributed by atoms with Crippen molar-refractivity contribution in [2.75, 3.05) is 13.2 Å². The predicted molar refractivity (Wildman–Crippen MR) is 61.8 cm³/mol. The van der Waals surface area contributed by atoms with Gasteiger partial charge in [-0.3, -0.25) is 0 Å². The number of ether oxygens (including phenoxy) is 4. The average molecular weight is 264 g/mol. The van der Waals surface area contributed by atoms with Crippen LogP contribution < -0.4 is 9.47 Å². The van der Waals surface area contributed by atoms with Crippen LogP contribution in [0.2, 0.25) is 0 Å². The van der Waals surface area contributed by atoms with Crippen LogP contribution in [0, 0.1) is 0 Å². The van der Waals surface area contributed by atoms with Crippen LogP contribution in [0.3, 0.4) is 0 Å². The Labute approximate surface area is 109 Å². The van der Waals surface area contributed by atoms with Crippen LogP contribution >= 0.6 is 0 Å². The minimum atomic E-state index is -0.858. The van der Waals surface area contributed by atoms with E-state index in [1.165, 1.54) is 0 Å². The van der Waals surface area contributed by atoms with E-state index in [1.807, 2.05) is 6.07 Å². The lowest BCUT2D eigenvalue weighted by molar-refractivity contribution is -0.167. The van der Waals surface area contributed by atoms with Gasteiger partial charge in [-0.25, -0.2) is 9.59 Å². The Hall–Kier alpha value is -2.24. The van der Waals surface area contributed by atoms with Crippen molar-refractivity contribution in [1.82, 2.24) is 0 Å². The summed E-state index contributed by atoms with van der Waals surface area (Å²) in [6.07, 6.45) is -1.30. The molecule has 19 heavy (non-hydrogen) atoms. The zero-order valence-electron chi connectivity index (χ0n) is 10.0. The van der Waals surface area contributed by atoms with E-state index in [1.54, 1.807) is 18.2 Å². The summed E-state index contributed by atoms with van der Waals surface area (Å²) in [5.41, 5.74) is 0. The third kappa shape index (κ3) is 2.33. The van der Waals surface area contributed by atoms with Crippen LogP contribution in [0.15, 0.2) is 24.3 Å². The zero-order chi connectivity index (χ0) is 13.2. The molecule has 2 aliphatic rings. The van der Waals surface area contributed by atoms with E-state index in [9.17, 15) is 9.59 Å². The molecule has 6 nitrogen and oxygen atoms in total. The fourth-order valence-corrected chi connectivity index (χ4v) is 1.94. The molecule has 2 aliphatic heterocycles. The van der Waals surface area contributed by atoms with Gasteiger partial charge in [-0.15, -0.1) is 0 Å². The van der Waals surface area contributed by atoms with Crippen LogP contribution in [0.5, 0.6) is 11.5 Å². The van der Waals surface area contributed by atoms with Crippen LogP contribution in [0.1, 0.15) is 6.42 Å². The number of esters is 2. The first kappa shape index (κ1) is 11.8. The first-order valence-corrected chi connectivity index (χ1v) is 5.99. The number of cyclic esters (lactones) is 1. The van der Waals surface area contributed by atoms with E-state index < -0.39 is 24.1 Å². The highest BCUT2D eigenvalue weighted by Crippen LogP contribution is 2.31. The molecule has 0 saturated carbocycles. The zero-order valence-corrected chi connectivity index (χ0v) is 10.0. The fourth-order valence-electron chi connectivity index (χ4n) is 1.94. The lowest BCUT2D eigenvalue weighted by Gasteiger charge is -2.25. The number of hydrogen-bond acceptors (Lipinski definition) is 6. The molecule has 0 N–H and O–H groups in total. The summed E-state index contributed by atoms with van der Waals surface area (Å²) in [6.45, 7) is 0.346. The van der Waals surface area contributed by atoms with Crippen molar-refractivity contribution >= 4 is 11.9 Å². The van der Waals surface area contributed by atoms with Crippen LogP contribution in [-0.2, 0) is 19.1 Å². The minimum Gasteiger partial charge on any atom is -0.485 e. The number of carbonyl (C=O) groups excluding carboxylic acids is 2. The van der Waals surface area contributed by atoms with Crippen molar-refractivity contribution in [1.29, 1.82) is 0 Å². The van der Waals surface area contributed by atoms with E-state index in [-0.39, 0.29) is 13.2 Å². The number of rotatable bonds is 2. The highest BCUT2D eigenvalue weighted by molar-refractivity contribution is 5.82. The minimum absolute atomic E-state index is 0.0671. The molecule has 1 saturated heterocycles. The van der Waals surface area contributed by atoms with Gasteiger partial charge in [0.25, 0.3) is 0 Å². The first-order valence-electron chi connectivity index (χ1n) is 5.99. The lowest BCUT2D eigenvalue weighted by Crippen LogP contribution is -2.40. The molecule has 0 radical (unpaired) electrons. The molecule has 0 aromatic heterocycles. The molecule has 6 heteroatoms. The Balaban J connectivity index is 1.64. The van der Waals surface area contributed by atoms with E-state index in [0.717, 1.165) is 0 Å². The Morgan fingerprint density at radius 3 is 2.74 bits per heavy atom. The van der Waals surface area contributed by atoms with Crippen molar-refractivity contribution in [3.05, 3.63) is 24.3 Å². The summed E-state index contributed by atoms with van der Waals surface area (Å²) >= 11 is 0. The molecule has 1 fully saturated rings. The lowest BCUT2D eigenvalue weighted by atomic mass is 10.2. The smallest absolute Gasteiger partial charge is 0.351 e. The number of hydrogen-bond donors (Lipinski definition) is 0. The van der Waals surface area contributed by atoms with Gasteiger partial charge in [0.1, 0.15) is 6.61 Å². The Morgan fingerprint density at radius 1 is 1.21 bits per heavy atom. The molecule has 100 valence electrons. The van der Waals surface area contributed by atoms with Gasteiger partial charge in [-0.05, 0) is 12.1 Å². The molecule has 0 unspecified atom stereocenters.